The van der Waals surface area contributed by atoms with E-state index in [1.807, 2.05) is 18.2 Å². The molecule has 6 heteroatoms. The number of anilines is 2. The van der Waals surface area contributed by atoms with Gasteiger partial charge in [-0.3, -0.25) is 4.79 Å². The van der Waals surface area contributed by atoms with Gasteiger partial charge in [-0.05, 0) is 81.2 Å². The summed E-state index contributed by atoms with van der Waals surface area (Å²) >= 11 is 1.79. The molecule has 1 amide bonds. The van der Waals surface area contributed by atoms with Gasteiger partial charge in [-0.25, -0.2) is 0 Å². The van der Waals surface area contributed by atoms with Gasteiger partial charge in [-0.1, -0.05) is 48.2 Å². The Labute approximate surface area is 213 Å². The average molecular weight is 494 g/mol. The van der Waals surface area contributed by atoms with E-state index < -0.39 is 0 Å². The summed E-state index contributed by atoms with van der Waals surface area (Å²) in [5.74, 6) is -0.0305. The quantitative estimate of drug-likeness (QED) is 0.429. The molecule has 34 heavy (non-hydrogen) atoms. The van der Waals surface area contributed by atoms with Crippen LogP contribution in [0, 0.1) is 6.92 Å². The Morgan fingerprint density at radius 2 is 1.68 bits per heavy atom. The molecule has 3 aromatic carbocycles. The molecule has 2 heterocycles. The molecule has 1 saturated heterocycles. The maximum Gasteiger partial charge on any atom is 0.251 e. The second-order valence-electron chi connectivity index (χ2n) is 9.09. The van der Waals surface area contributed by atoms with Crippen LogP contribution in [0.4, 0.5) is 11.4 Å². The molecule has 2 aliphatic heterocycles. The van der Waals surface area contributed by atoms with Crippen LogP contribution in [0.1, 0.15) is 41.3 Å². The minimum Gasteiger partial charge on any atom is -0.348 e. The van der Waals surface area contributed by atoms with Gasteiger partial charge in [0.15, 0.2) is 0 Å². The molecule has 0 bridgehead atoms. The van der Waals surface area contributed by atoms with E-state index in [2.05, 4.69) is 77.5 Å². The van der Waals surface area contributed by atoms with Crippen LogP contribution in [-0.2, 0) is 6.54 Å². The topological polar surface area (TPSA) is 35.6 Å². The molecule has 5 rings (SSSR count). The van der Waals surface area contributed by atoms with Crippen LogP contribution in [-0.4, -0.2) is 36.5 Å². The lowest BCUT2D eigenvalue weighted by molar-refractivity contribution is 0.0951. The zero-order valence-electron chi connectivity index (χ0n) is 19.8. The second-order valence-corrected chi connectivity index (χ2v) is 10.2. The SMILES string of the molecule is Cc1ccccc1CNC(=O)c1ccc2c(c1)N(C(C)CN1CCCC1)c1ccccc1S2.Cl. The predicted molar refractivity (Wildman–Crippen MR) is 144 cm³/mol. The van der Waals surface area contributed by atoms with Gasteiger partial charge in [0.25, 0.3) is 5.91 Å². The summed E-state index contributed by atoms with van der Waals surface area (Å²) in [6, 6.07) is 23.3. The number of carbonyl (C=O) groups excluding carboxylic acids is 1. The first-order chi connectivity index (χ1) is 16.1. The fraction of sp³-hybridized carbons (Fsp3) is 0.321. The molecule has 0 aromatic heterocycles. The highest BCUT2D eigenvalue weighted by Gasteiger charge is 2.29. The first-order valence-electron chi connectivity index (χ1n) is 11.9. The molecule has 1 fully saturated rings. The lowest BCUT2D eigenvalue weighted by Crippen LogP contribution is -2.40. The molecule has 0 radical (unpaired) electrons. The number of hydrogen-bond donors (Lipinski definition) is 1. The Bertz CT molecular complexity index is 1160. The van der Waals surface area contributed by atoms with Crippen LogP contribution >= 0.6 is 24.2 Å². The number of rotatable bonds is 6. The molecular formula is C28H32ClN3OS. The van der Waals surface area contributed by atoms with Crippen molar-refractivity contribution in [1.82, 2.24) is 10.2 Å². The molecule has 1 atom stereocenters. The Balaban J connectivity index is 0.00000274. The lowest BCUT2D eigenvalue weighted by Gasteiger charge is -2.39. The summed E-state index contributed by atoms with van der Waals surface area (Å²) < 4.78 is 0. The minimum absolute atomic E-state index is 0. The van der Waals surface area contributed by atoms with Crippen molar-refractivity contribution in [2.45, 2.75) is 49.1 Å². The summed E-state index contributed by atoms with van der Waals surface area (Å²) in [6.07, 6.45) is 2.59. The highest BCUT2D eigenvalue weighted by atomic mass is 35.5. The van der Waals surface area contributed by atoms with E-state index in [1.54, 1.807) is 11.8 Å². The first-order valence-corrected chi connectivity index (χ1v) is 12.7. The summed E-state index contributed by atoms with van der Waals surface area (Å²) in [6.45, 7) is 8.32. The van der Waals surface area contributed by atoms with Crippen molar-refractivity contribution in [3.8, 4) is 0 Å². The molecule has 1 unspecified atom stereocenters. The van der Waals surface area contributed by atoms with Gasteiger partial charge >= 0.3 is 0 Å². The molecular weight excluding hydrogens is 462 g/mol. The number of nitrogens with one attached hydrogen (secondary N) is 1. The number of fused-ring (bicyclic) bond motifs is 2. The molecule has 0 spiro atoms. The summed E-state index contributed by atoms with van der Waals surface area (Å²) in [4.78, 5) is 20.6. The number of halogens is 1. The maximum atomic E-state index is 13.1. The molecule has 178 valence electrons. The van der Waals surface area contributed by atoms with Crippen LogP contribution in [0.2, 0.25) is 0 Å². The number of likely N-dealkylation sites (tertiary alicyclic amines) is 1. The number of hydrogen-bond acceptors (Lipinski definition) is 4. The molecule has 1 N–H and O–H groups in total. The van der Waals surface area contributed by atoms with Gasteiger partial charge in [0.2, 0.25) is 0 Å². The molecule has 3 aromatic rings. The van der Waals surface area contributed by atoms with Gasteiger partial charge in [0.05, 0.1) is 11.4 Å². The summed E-state index contributed by atoms with van der Waals surface area (Å²) in [7, 11) is 0. The third kappa shape index (κ3) is 5.12. The Hall–Kier alpha value is -2.47. The number of carbonyl (C=O) groups is 1. The van der Waals surface area contributed by atoms with Crippen LogP contribution in [0.5, 0.6) is 0 Å². The number of para-hydroxylation sites is 1. The molecule has 2 aliphatic rings. The lowest BCUT2D eigenvalue weighted by atomic mass is 10.1. The van der Waals surface area contributed by atoms with Crippen molar-refractivity contribution in [2.75, 3.05) is 24.5 Å². The minimum atomic E-state index is -0.0305. The van der Waals surface area contributed by atoms with Gasteiger partial charge in [0, 0.05) is 34.5 Å². The predicted octanol–water partition coefficient (Wildman–Crippen LogP) is 6.43. The van der Waals surface area contributed by atoms with E-state index in [9.17, 15) is 4.79 Å². The van der Waals surface area contributed by atoms with Crippen molar-refractivity contribution in [2.24, 2.45) is 0 Å². The fourth-order valence-corrected chi connectivity index (χ4v) is 5.96. The van der Waals surface area contributed by atoms with Crippen molar-refractivity contribution in [3.05, 3.63) is 83.4 Å². The van der Waals surface area contributed by atoms with E-state index in [0.717, 1.165) is 17.8 Å². The smallest absolute Gasteiger partial charge is 0.251 e. The molecule has 4 nitrogen and oxygen atoms in total. The highest BCUT2D eigenvalue weighted by molar-refractivity contribution is 7.99. The molecule has 0 saturated carbocycles. The monoisotopic (exact) mass is 493 g/mol. The Morgan fingerprint density at radius 1 is 0.971 bits per heavy atom. The zero-order chi connectivity index (χ0) is 22.8. The maximum absolute atomic E-state index is 13.1. The second kappa shape index (κ2) is 10.9. The third-order valence-electron chi connectivity index (χ3n) is 6.69. The van der Waals surface area contributed by atoms with Crippen LogP contribution in [0.25, 0.3) is 0 Å². The molecule has 0 aliphatic carbocycles. The van der Waals surface area contributed by atoms with Gasteiger partial charge < -0.3 is 15.1 Å². The number of benzene rings is 3. The summed E-state index contributed by atoms with van der Waals surface area (Å²) in [5, 5.41) is 3.11. The van der Waals surface area contributed by atoms with Crippen molar-refractivity contribution in [1.29, 1.82) is 0 Å². The normalized spacial score (nSPS) is 15.8. The van der Waals surface area contributed by atoms with Crippen molar-refractivity contribution >= 4 is 41.5 Å². The summed E-state index contributed by atoms with van der Waals surface area (Å²) in [5.41, 5.74) is 5.42. The first kappa shape index (κ1) is 24.6. The van der Waals surface area contributed by atoms with Crippen molar-refractivity contribution < 1.29 is 4.79 Å². The Kier molecular flexibility index (Phi) is 7.87. The number of amides is 1. The van der Waals surface area contributed by atoms with E-state index in [0.29, 0.717) is 18.2 Å². The number of nitrogens with zero attached hydrogens (tertiary/aromatic N) is 2. The van der Waals surface area contributed by atoms with Crippen LogP contribution in [0.15, 0.2) is 76.5 Å². The standard InChI is InChI=1S/C28H31N3OS.ClH/c1-20-9-3-4-10-23(20)18-29-28(32)22-13-14-27-25(17-22)31(21(2)19-30-15-7-8-16-30)24-11-5-6-12-26(24)33-27;/h3-6,9-14,17,21H,7-8,15-16,18-19H2,1-2H3,(H,29,32);1H. The zero-order valence-corrected chi connectivity index (χ0v) is 21.4. The average Bonchev–Trinajstić information content (AvgIpc) is 3.34. The highest BCUT2D eigenvalue weighted by Crippen LogP contribution is 2.49. The third-order valence-corrected chi connectivity index (χ3v) is 7.82. The van der Waals surface area contributed by atoms with E-state index in [-0.39, 0.29) is 18.3 Å². The van der Waals surface area contributed by atoms with Crippen molar-refractivity contribution in [3.63, 3.8) is 0 Å². The van der Waals surface area contributed by atoms with Crippen LogP contribution < -0.4 is 10.2 Å². The van der Waals surface area contributed by atoms with E-state index >= 15 is 0 Å². The Morgan fingerprint density at radius 3 is 2.47 bits per heavy atom. The van der Waals surface area contributed by atoms with Gasteiger partial charge in [0.1, 0.15) is 0 Å². The fourth-order valence-electron chi connectivity index (χ4n) is 4.91. The van der Waals surface area contributed by atoms with E-state index in [1.165, 1.54) is 47.0 Å². The largest absolute Gasteiger partial charge is 0.348 e. The van der Waals surface area contributed by atoms with Gasteiger partial charge in [-0.2, -0.15) is 0 Å². The van der Waals surface area contributed by atoms with Gasteiger partial charge in [-0.15, -0.1) is 12.4 Å². The van der Waals surface area contributed by atoms with Crippen LogP contribution in [0.3, 0.4) is 0 Å². The number of aryl methyl sites for hydroxylation is 1. The van der Waals surface area contributed by atoms with E-state index in [4.69, 9.17) is 0 Å².